The standard InChI is InChI=1S/C32H42N8O4/c1-3-25-6-4-7-27(22-25)35-31(41)40-18-16-39(17-19-40)30-28(8-5-10-34-30)44-24-26-9-11-33-29(23-26)36-32(42)43-21-20-38-14-12-37(2)13-15-38/h4-11,22-23H,3,12-21,24H2,1-2H3,(H,35,41)(H,33,36,42). The topological polar surface area (TPSA) is 115 Å². The Balaban J connectivity index is 1.08. The molecule has 2 N–H and O–H groups in total. The summed E-state index contributed by atoms with van der Waals surface area (Å²) in [5.74, 6) is 1.79. The molecule has 12 nitrogen and oxygen atoms in total. The lowest BCUT2D eigenvalue weighted by Gasteiger charge is -2.35. The summed E-state index contributed by atoms with van der Waals surface area (Å²) in [6, 6.07) is 15.2. The van der Waals surface area contributed by atoms with E-state index in [2.05, 4.69) is 55.3 Å². The number of rotatable bonds is 10. The highest BCUT2D eigenvalue weighted by Crippen LogP contribution is 2.27. The van der Waals surface area contributed by atoms with E-state index in [4.69, 9.17) is 9.47 Å². The molecule has 0 aliphatic carbocycles. The lowest BCUT2D eigenvalue weighted by Crippen LogP contribution is -2.50. The number of benzene rings is 1. The molecule has 2 aromatic heterocycles. The van der Waals surface area contributed by atoms with Gasteiger partial charge in [0.2, 0.25) is 0 Å². The molecule has 2 fully saturated rings. The molecule has 1 aromatic carbocycles. The van der Waals surface area contributed by atoms with Gasteiger partial charge in [-0.15, -0.1) is 0 Å². The summed E-state index contributed by atoms with van der Waals surface area (Å²) in [5.41, 5.74) is 2.84. The van der Waals surface area contributed by atoms with Gasteiger partial charge in [-0.25, -0.2) is 19.6 Å². The van der Waals surface area contributed by atoms with Crippen molar-refractivity contribution in [2.24, 2.45) is 0 Å². The summed E-state index contributed by atoms with van der Waals surface area (Å²) in [4.78, 5) is 42.6. The van der Waals surface area contributed by atoms with Crippen LogP contribution in [0, 0.1) is 0 Å². The Kier molecular flexibility index (Phi) is 10.8. The Hall–Kier alpha value is -4.42. The molecule has 12 heteroatoms. The maximum atomic E-state index is 12.9. The number of hydrogen-bond donors (Lipinski definition) is 2. The molecule has 44 heavy (non-hydrogen) atoms. The highest BCUT2D eigenvalue weighted by molar-refractivity contribution is 5.89. The molecule has 2 aliphatic heterocycles. The van der Waals surface area contributed by atoms with E-state index in [1.807, 2.05) is 41.3 Å². The molecule has 5 rings (SSSR count). The van der Waals surface area contributed by atoms with Gasteiger partial charge in [-0.3, -0.25) is 10.2 Å². The van der Waals surface area contributed by atoms with Crippen LogP contribution in [0.15, 0.2) is 60.9 Å². The number of nitrogens with zero attached hydrogens (tertiary/aromatic N) is 6. The third-order valence-corrected chi connectivity index (χ3v) is 7.89. The number of aromatic nitrogens is 2. The zero-order valence-electron chi connectivity index (χ0n) is 25.6. The number of likely N-dealkylation sites (N-methyl/N-ethyl adjacent to an activating group) is 1. The van der Waals surface area contributed by atoms with Gasteiger partial charge in [0.1, 0.15) is 19.0 Å². The second-order valence-electron chi connectivity index (χ2n) is 11.0. The van der Waals surface area contributed by atoms with Gasteiger partial charge in [0.25, 0.3) is 0 Å². The fourth-order valence-electron chi connectivity index (χ4n) is 5.20. The number of nitrogens with one attached hydrogen (secondary N) is 2. The summed E-state index contributed by atoms with van der Waals surface area (Å²) in [6.45, 7) is 9.82. The highest BCUT2D eigenvalue weighted by Gasteiger charge is 2.24. The third-order valence-electron chi connectivity index (χ3n) is 7.89. The quantitative estimate of drug-likeness (QED) is 0.358. The number of carbonyl (C=O) groups is 2. The SMILES string of the molecule is CCc1cccc(NC(=O)N2CCN(c3ncccc3OCc3ccnc(NC(=O)OCCN4CCN(C)CC4)c3)CC2)c1. The maximum absolute atomic E-state index is 12.9. The first kappa shape index (κ1) is 31.0. The Morgan fingerprint density at radius 3 is 2.48 bits per heavy atom. The Morgan fingerprint density at radius 2 is 1.68 bits per heavy atom. The molecule has 0 spiro atoms. The fraction of sp³-hybridized carbons (Fsp3) is 0.438. The van der Waals surface area contributed by atoms with Crippen molar-refractivity contribution in [1.82, 2.24) is 24.7 Å². The molecule has 234 valence electrons. The molecule has 0 atom stereocenters. The van der Waals surface area contributed by atoms with Crippen molar-refractivity contribution >= 4 is 29.4 Å². The van der Waals surface area contributed by atoms with Gasteiger partial charge >= 0.3 is 12.1 Å². The van der Waals surface area contributed by atoms with Gasteiger partial charge in [0.15, 0.2) is 11.6 Å². The molecule has 0 unspecified atom stereocenters. The van der Waals surface area contributed by atoms with Crippen molar-refractivity contribution < 1.29 is 19.1 Å². The van der Waals surface area contributed by atoms with Crippen LogP contribution in [-0.4, -0.2) is 109 Å². The lowest BCUT2D eigenvalue weighted by atomic mass is 10.1. The Morgan fingerprint density at radius 1 is 0.864 bits per heavy atom. The summed E-state index contributed by atoms with van der Waals surface area (Å²) in [6.07, 6.45) is 3.76. The molecule has 0 saturated carbocycles. The first-order valence-corrected chi connectivity index (χ1v) is 15.2. The summed E-state index contributed by atoms with van der Waals surface area (Å²) in [7, 11) is 2.11. The van der Waals surface area contributed by atoms with E-state index in [0.717, 1.165) is 49.7 Å². The van der Waals surface area contributed by atoms with Crippen LogP contribution in [0.2, 0.25) is 0 Å². The van der Waals surface area contributed by atoms with Crippen molar-refractivity contribution in [2.75, 3.05) is 88.1 Å². The van der Waals surface area contributed by atoms with E-state index >= 15 is 0 Å². The number of urea groups is 1. The van der Waals surface area contributed by atoms with Crippen molar-refractivity contribution in [3.05, 3.63) is 72.1 Å². The number of carbonyl (C=O) groups excluding carboxylic acids is 2. The summed E-state index contributed by atoms with van der Waals surface area (Å²) < 4.78 is 11.5. The average Bonchev–Trinajstić information content (AvgIpc) is 3.05. The monoisotopic (exact) mass is 602 g/mol. The second-order valence-corrected chi connectivity index (χ2v) is 11.0. The minimum atomic E-state index is -0.526. The first-order chi connectivity index (χ1) is 21.5. The zero-order valence-corrected chi connectivity index (χ0v) is 25.6. The van der Waals surface area contributed by atoms with E-state index in [-0.39, 0.29) is 12.6 Å². The van der Waals surface area contributed by atoms with E-state index in [9.17, 15) is 9.59 Å². The van der Waals surface area contributed by atoms with Gasteiger partial charge in [0.05, 0.1) is 0 Å². The van der Waals surface area contributed by atoms with Gasteiger partial charge < -0.3 is 29.5 Å². The molecule has 2 saturated heterocycles. The van der Waals surface area contributed by atoms with Crippen LogP contribution < -0.4 is 20.3 Å². The lowest BCUT2D eigenvalue weighted by molar-refractivity contribution is 0.111. The minimum Gasteiger partial charge on any atom is -0.485 e. The van der Waals surface area contributed by atoms with Crippen LogP contribution in [0.25, 0.3) is 0 Å². The molecule has 3 aromatic rings. The zero-order chi connectivity index (χ0) is 30.7. The molecule has 2 aliphatic rings. The van der Waals surface area contributed by atoms with E-state index in [1.165, 1.54) is 5.56 Å². The van der Waals surface area contributed by atoms with Crippen LogP contribution in [0.3, 0.4) is 0 Å². The van der Waals surface area contributed by atoms with Crippen molar-refractivity contribution in [3.8, 4) is 5.75 Å². The third kappa shape index (κ3) is 8.80. The van der Waals surface area contributed by atoms with E-state index in [0.29, 0.717) is 50.9 Å². The van der Waals surface area contributed by atoms with Crippen LogP contribution >= 0.6 is 0 Å². The van der Waals surface area contributed by atoms with E-state index in [1.54, 1.807) is 18.5 Å². The van der Waals surface area contributed by atoms with Crippen molar-refractivity contribution in [3.63, 3.8) is 0 Å². The number of hydrogen-bond acceptors (Lipinski definition) is 9. The van der Waals surface area contributed by atoms with Crippen LogP contribution in [0.4, 0.5) is 26.9 Å². The number of amides is 3. The number of aryl methyl sites for hydroxylation is 1. The van der Waals surface area contributed by atoms with Gasteiger partial charge in [0, 0.05) is 77.0 Å². The first-order valence-electron chi connectivity index (χ1n) is 15.2. The number of ether oxygens (including phenoxy) is 2. The average molecular weight is 603 g/mol. The van der Waals surface area contributed by atoms with Crippen LogP contribution in [0.1, 0.15) is 18.1 Å². The highest BCUT2D eigenvalue weighted by atomic mass is 16.5. The Labute approximate surface area is 259 Å². The largest absolute Gasteiger partial charge is 0.485 e. The predicted molar refractivity (Wildman–Crippen MR) is 170 cm³/mol. The fourth-order valence-corrected chi connectivity index (χ4v) is 5.20. The normalized spacial score (nSPS) is 16.0. The molecule has 4 heterocycles. The van der Waals surface area contributed by atoms with Crippen molar-refractivity contribution in [2.45, 2.75) is 20.0 Å². The van der Waals surface area contributed by atoms with Crippen molar-refractivity contribution in [1.29, 1.82) is 0 Å². The van der Waals surface area contributed by atoms with E-state index < -0.39 is 6.09 Å². The van der Waals surface area contributed by atoms with Gasteiger partial charge in [-0.05, 0) is 61.0 Å². The van der Waals surface area contributed by atoms with Crippen LogP contribution in [-0.2, 0) is 17.8 Å². The molecule has 3 amide bonds. The maximum Gasteiger partial charge on any atom is 0.412 e. The summed E-state index contributed by atoms with van der Waals surface area (Å²) in [5, 5.41) is 5.73. The second kappa shape index (κ2) is 15.3. The van der Waals surface area contributed by atoms with Gasteiger partial charge in [-0.1, -0.05) is 19.1 Å². The van der Waals surface area contributed by atoms with Crippen LogP contribution in [0.5, 0.6) is 5.75 Å². The minimum absolute atomic E-state index is 0.101. The predicted octanol–water partition coefficient (Wildman–Crippen LogP) is 3.77. The summed E-state index contributed by atoms with van der Waals surface area (Å²) >= 11 is 0. The molecule has 0 bridgehead atoms. The molecule has 0 radical (unpaired) electrons. The molecular weight excluding hydrogens is 560 g/mol. The number of anilines is 3. The molecular formula is C32H42N8O4. The number of pyridine rings is 2. The van der Waals surface area contributed by atoms with Gasteiger partial charge in [-0.2, -0.15) is 0 Å². The smallest absolute Gasteiger partial charge is 0.412 e. The Bertz CT molecular complexity index is 1390. The number of piperazine rings is 2.